The average Bonchev–Trinajstić information content (AvgIpc) is 2.61. The van der Waals surface area contributed by atoms with Gasteiger partial charge in [0, 0.05) is 6.42 Å². The van der Waals surface area contributed by atoms with Gasteiger partial charge in [0.2, 0.25) is 11.8 Å². The fraction of sp³-hybridized carbons (Fsp3) is 0.529. The molecule has 9 heteroatoms. The van der Waals surface area contributed by atoms with Crippen LogP contribution in [-0.2, 0) is 9.59 Å². The molecule has 2 atom stereocenters. The van der Waals surface area contributed by atoms with Crippen molar-refractivity contribution in [1.82, 2.24) is 10.6 Å². The molecule has 0 spiro atoms. The third-order valence-electron chi connectivity index (χ3n) is 4.40. The van der Waals surface area contributed by atoms with Crippen molar-refractivity contribution in [2.45, 2.75) is 26.2 Å². The summed E-state index contributed by atoms with van der Waals surface area (Å²) < 4.78 is 39.4. The highest BCUT2D eigenvalue weighted by Gasteiger charge is 2.22. The van der Waals surface area contributed by atoms with E-state index in [2.05, 4.69) is 16.0 Å². The fourth-order valence-corrected chi connectivity index (χ4v) is 2.89. The number of hydrogen-bond donors (Lipinski definition) is 3. The van der Waals surface area contributed by atoms with Crippen molar-refractivity contribution in [2.24, 2.45) is 11.8 Å². The number of amides is 2. The monoisotopic (exact) mass is 393 g/mol. The van der Waals surface area contributed by atoms with Gasteiger partial charge in [0.1, 0.15) is 0 Å². The van der Waals surface area contributed by atoms with Crippen LogP contribution in [-0.4, -0.2) is 31.4 Å². The van der Waals surface area contributed by atoms with E-state index < -0.39 is 29.0 Å². The van der Waals surface area contributed by atoms with E-state index in [1.807, 2.05) is 6.92 Å². The zero-order chi connectivity index (χ0) is 18.4. The first kappa shape index (κ1) is 22.2. The molecule has 1 aliphatic heterocycles. The number of benzene rings is 1. The van der Waals surface area contributed by atoms with Crippen LogP contribution in [0, 0.1) is 29.3 Å². The summed E-state index contributed by atoms with van der Waals surface area (Å²) in [7, 11) is 0. The van der Waals surface area contributed by atoms with E-state index in [0.29, 0.717) is 18.4 Å². The summed E-state index contributed by atoms with van der Waals surface area (Å²) in [5.41, 5.74) is -0.472. The SMILES string of the molecule is CC(CC(=O)NCC(=O)Nc1ccc(F)c(F)c1F)C1CCCNC1.Cl. The van der Waals surface area contributed by atoms with Crippen molar-refractivity contribution in [2.75, 3.05) is 25.0 Å². The van der Waals surface area contributed by atoms with Gasteiger partial charge >= 0.3 is 0 Å². The molecule has 1 aliphatic rings. The number of anilines is 1. The summed E-state index contributed by atoms with van der Waals surface area (Å²) in [6, 6.07) is 1.64. The number of hydrogen-bond acceptors (Lipinski definition) is 3. The molecule has 1 heterocycles. The number of carbonyl (C=O) groups is 2. The van der Waals surface area contributed by atoms with Gasteiger partial charge in [-0.15, -0.1) is 12.4 Å². The first-order chi connectivity index (χ1) is 11.9. The lowest BCUT2D eigenvalue weighted by Crippen LogP contribution is -2.37. The summed E-state index contributed by atoms with van der Waals surface area (Å²) in [5.74, 6) is -4.86. The standard InChI is InChI=1S/C17H22F3N3O2.ClH/c1-10(11-3-2-6-21-8-11)7-14(24)22-9-15(25)23-13-5-4-12(18)16(19)17(13)20;/h4-5,10-11,21H,2-3,6-9H2,1H3,(H,22,24)(H,23,25);1H. The van der Waals surface area contributed by atoms with E-state index in [0.717, 1.165) is 32.0 Å². The summed E-state index contributed by atoms with van der Waals surface area (Å²) in [4.78, 5) is 23.7. The molecule has 0 bridgehead atoms. The zero-order valence-electron chi connectivity index (χ0n) is 14.4. The predicted octanol–water partition coefficient (Wildman–Crippen LogP) is 2.61. The zero-order valence-corrected chi connectivity index (χ0v) is 15.2. The van der Waals surface area contributed by atoms with Crippen LogP contribution >= 0.6 is 12.4 Å². The third kappa shape index (κ3) is 6.17. The Labute approximate surface area is 156 Å². The predicted molar refractivity (Wildman–Crippen MR) is 94.6 cm³/mol. The van der Waals surface area contributed by atoms with Crippen LogP contribution in [0.15, 0.2) is 12.1 Å². The maximum absolute atomic E-state index is 13.5. The molecule has 26 heavy (non-hydrogen) atoms. The smallest absolute Gasteiger partial charge is 0.243 e. The Kier molecular flexibility index (Phi) is 8.87. The molecule has 0 radical (unpaired) electrons. The van der Waals surface area contributed by atoms with Crippen molar-refractivity contribution in [3.8, 4) is 0 Å². The van der Waals surface area contributed by atoms with Gasteiger partial charge in [-0.3, -0.25) is 9.59 Å². The number of rotatable bonds is 6. The summed E-state index contributed by atoms with van der Waals surface area (Å²) in [5, 5.41) is 7.85. The van der Waals surface area contributed by atoms with Gasteiger partial charge in [-0.05, 0) is 49.9 Å². The number of halogens is 4. The molecule has 5 nitrogen and oxygen atoms in total. The molecule has 0 aliphatic carbocycles. The second kappa shape index (κ2) is 10.4. The minimum absolute atomic E-state index is 0. The quantitative estimate of drug-likeness (QED) is 0.651. The first-order valence-corrected chi connectivity index (χ1v) is 8.29. The second-order valence-corrected chi connectivity index (χ2v) is 6.34. The molecule has 0 aromatic heterocycles. The Morgan fingerprint density at radius 1 is 1.23 bits per heavy atom. The van der Waals surface area contributed by atoms with Crippen LogP contribution < -0.4 is 16.0 Å². The Morgan fingerprint density at radius 2 is 1.96 bits per heavy atom. The molecule has 1 aromatic rings. The minimum Gasteiger partial charge on any atom is -0.347 e. The van der Waals surface area contributed by atoms with Gasteiger partial charge < -0.3 is 16.0 Å². The van der Waals surface area contributed by atoms with Gasteiger partial charge in [0.25, 0.3) is 0 Å². The highest BCUT2D eigenvalue weighted by atomic mass is 35.5. The summed E-state index contributed by atoms with van der Waals surface area (Å²) >= 11 is 0. The molecule has 146 valence electrons. The molecule has 1 saturated heterocycles. The van der Waals surface area contributed by atoms with Crippen LogP contribution in [0.3, 0.4) is 0 Å². The molecule has 2 rings (SSSR count). The minimum atomic E-state index is -1.66. The van der Waals surface area contributed by atoms with Crippen molar-refractivity contribution in [1.29, 1.82) is 0 Å². The third-order valence-corrected chi connectivity index (χ3v) is 4.40. The molecular formula is C17H23ClF3N3O2. The van der Waals surface area contributed by atoms with Crippen LogP contribution in [0.1, 0.15) is 26.2 Å². The van der Waals surface area contributed by atoms with E-state index in [1.165, 1.54) is 0 Å². The van der Waals surface area contributed by atoms with E-state index in [-0.39, 0.29) is 30.8 Å². The Hall–Kier alpha value is -1.80. The Bertz CT molecular complexity index is 640. The average molecular weight is 394 g/mol. The van der Waals surface area contributed by atoms with E-state index in [9.17, 15) is 22.8 Å². The van der Waals surface area contributed by atoms with Gasteiger partial charge in [0.15, 0.2) is 17.5 Å². The van der Waals surface area contributed by atoms with E-state index >= 15 is 0 Å². The lowest BCUT2D eigenvalue weighted by Gasteiger charge is -2.27. The first-order valence-electron chi connectivity index (χ1n) is 8.29. The van der Waals surface area contributed by atoms with Gasteiger partial charge in [-0.25, -0.2) is 13.2 Å². The van der Waals surface area contributed by atoms with Crippen LogP contribution in [0.25, 0.3) is 0 Å². The van der Waals surface area contributed by atoms with Gasteiger partial charge in [-0.1, -0.05) is 6.92 Å². The Morgan fingerprint density at radius 3 is 2.62 bits per heavy atom. The molecule has 2 unspecified atom stereocenters. The van der Waals surface area contributed by atoms with E-state index in [1.54, 1.807) is 0 Å². The van der Waals surface area contributed by atoms with E-state index in [4.69, 9.17) is 0 Å². The van der Waals surface area contributed by atoms with Gasteiger partial charge in [-0.2, -0.15) is 0 Å². The topological polar surface area (TPSA) is 70.2 Å². The number of nitrogens with one attached hydrogen (secondary N) is 3. The summed E-state index contributed by atoms with van der Waals surface area (Å²) in [6.07, 6.45) is 2.44. The van der Waals surface area contributed by atoms with Crippen molar-refractivity contribution < 1.29 is 22.8 Å². The maximum atomic E-state index is 13.5. The molecule has 0 saturated carbocycles. The molecule has 2 amide bonds. The van der Waals surface area contributed by atoms with Gasteiger partial charge in [0.05, 0.1) is 12.2 Å². The molecule has 1 aromatic carbocycles. The van der Waals surface area contributed by atoms with Crippen LogP contribution in [0.5, 0.6) is 0 Å². The van der Waals surface area contributed by atoms with Crippen molar-refractivity contribution in [3.05, 3.63) is 29.6 Å². The lowest BCUT2D eigenvalue weighted by atomic mass is 9.85. The molecular weight excluding hydrogens is 371 g/mol. The van der Waals surface area contributed by atoms with Crippen LogP contribution in [0.4, 0.5) is 18.9 Å². The summed E-state index contributed by atoms with van der Waals surface area (Å²) in [6.45, 7) is 3.50. The highest BCUT2D eigenvalue weighted by molar-refractivity contribution is 5.94. The van der Waals surface area contributed by atoms with Crippen molar-refractivity contribution >= 4 is 29.9 Å². The highest BCUT2D eigenvalue weighted by Crippen LogP contribution is 2.22. The lowest BCUT2D eigenvalue weighted by molar-refractivity contribution is -0.125. The largest absolute Gasteiger partial charge is 0.347 e. The molecule has 1 fully saturated rings. The Balaban J connectivity index is 0.00000338. The number of carbonyl (C=O) groups excluding carboxylic acids is 2. The molecule has 3 N–H and O–H groups in total. The number of piperidine rings is 1. The fourth-order valence-electron chi connectivity index (χ4n) is 2.89. The van der Waals surface area contributed by atoms with Crippen LogP contribution in [0.2, 0.25) is 0 Å². The van der Waals surface area contributed by atoms with Crippen molar-refractivity contribution in [3.63, 3.8) is 0 Å². The maximum Gasteiger partial charge on any atom is 0.243 e. The normalized spacial score (nSPS) is 17.8. The second-order valence-electron chi connectivity index (χ2n) is 6.34.